The van der Waals surface area contributed by atoms with Crippen molar-refractivity contribution in [1.29, 1.82) is 0 Å². The lowest BCUT2D eigenvalue weighted by Crippen LogP contribution is -2.05. The average Bonchev–Trinajstić information content (AvgIpc) is 2.68. The Labute approximate surface area is 108 Å². The van der Waals surface area contributed by atoms with Crippen molar-refractivity contribution in [3.63, 3.8) is 0 Å². The van der Waals surface area contributed by atoms with Crippen molar-refractivity contribution in [3.8, 4) is 0 Å². The summed E-state index contributed by atoms with van der Waals surface area (Å²) in [7, 11) is 0. The number of anilines is 1. The first-order valence-electron chi connectivity index (χ1n) is 5.10. The first-order chi connectivity index (χ1) is 7.66. The molecule has 0 saturated heterocycles. The molecule has 1 unspecified atom stereocenters. The third kappa shape index (κ3) is 2.62. The number of nitrogens with zero attached hydrogens (tertiary/aromatic N) is 1. The second-order valence-corrected chi connectivity index (χ2v) is 5.75. The molecule has 1 aromatic carbocycles. The molecular weight excluding hydrogens is 284 g/mol. The number of hydrogen-bond donors (Lipinski definition) is 1. The summed E-state index contributed by atoms with van der Waals surface area (Å²) in [4.78, 5) is 5.53. The summed E-state index contributed by atoms with van der Waals surface area (Å²) >= 11 is 5.26. The number of halogens is 1. The van der Waals surface area contributed by atoms with Crippen molar-refractivity contribution < 1.29 is 0 Å². The third-order valence-electron chi connectivity index (χ3n) is 2.31. The molecule has 0 fully saturated rings. The van der Waals surface area contributed by atoms with Gasteiger partial charge in [0.1, 0.15) is 0 Å². The maximum atomic E-state index is 4.27. The molecule has 16 heavy (non-hydrogen) atoms. The highest BCUT2D eigenvalue weighted by Crippen LogP contribution is 2.28. The zero-order valence-electron chi connectivity index (χ0n) is 9.20. The summed E-state index contributed by atoms with van der Waals surface area (Å²) in [6, 6.07) is 8.42. The molecule has 0 radical (unpaired) electrons. The molecule has 0 aliphatic rings. The van der Waals surface area contributed by atoms with Crippen LogP contribution in [0.5, 0.6) is 0 Å². The van der Waals surface area contributed by atoms with E-state index in [-0.39, 0.29) is 6.04 Å². The maximum Gasteiger partial charge on any atom is 0.0897 e. The third-order valence-corrected chi connectivity index (χ3v) is 4.10. The summed E-state index contributed by atoms with van der Waals surface area (Å²) < 4.78 is 1.09. The fourth-order valence-electron chi connectivity index (χ4n) is 1.46. The fraction of sp³-hybridized carbons (Fsp3) is 0.250. The van der Waals surface area contributed by atoms with Crippen LogP contribution in [0, 0.1) is 6.92 Å². The molecule has 2 aromatic rings. The van der Waals surface area contributed by atoms with Gasteiger partial charge in [0.25, 0.3) is 0 Å². The highest BCUT2D eigenvalue weighted by atomic mass is 79.9. The molecule has 4 heteroatoms. The van der Waals surface area contributed by atoms with Gasteiger partial charge in [-0.3, -0.25) is 0 Å². The van der Waals surface area contributed by atoms with Crippen LogP contribution in [0.1, 0.15) is 22.9 Å². The fourth-order valence-corrected chi connectivity index (χ4v) is 2.65. The second kappa shape index (κ2) is 4.97. The van der Waals surface area contributed by atoms with E-state index in [1.165, 1.54) is 4.88 Å². The van der Waals surface area contributed by atoms with Gasteiger partial charge in [-0.05, 0) is 41.9 Å². The Morgan fingerprint density at radius 3 is 2.75 bits per heavy atom. The maximum absolute atomic E-state index is 4.27. The van der Waals surface area contributed by atoms with E-state index in [1.54, 1.807) is 11.3 Å². The number of hydrogen-bond acceptors (Lipinski definition) is 3. The van der Waals surface area contributed by atoms with Crippen LogP contribution in [0.25, 0.3) is 0 Å². The summed E-state index contributed by atoms with van der Waals surface area (Å²) in [6.45, 7) is 4.17. The van der Waals surface area contributed by atoms with Crippen LogP contribution in [-0.2, 0) is 0 Å². The number of aromatic nitrogens is 1. The molecule has 1 heterocycles. The van der Waals surface area contributed by atoms with E-state index in [1.807, 2.05) is 31.3 Å². The number of thiazole rings is 1. The summed E-state index contributed by atoms with van der Waals surface area (Å²) in [5, 5.41) is 4.57. The minimum absolute atomic E-state index is 0.282. The number of rotatable bonds is 3. The van der Waals surface area contributed by atoms with Crippen LogP contribution in [0.15, 0.2) is 34.9 Å². The van der Waals surface area contributed by atoms with Crippen LogP contribution in [-0.4, -0.2) is 4.98 Å². The molecule has 0 spiro atoms. The standard InChI is InChI=1S/C12H13BrN2S/c1-8(12-7-14-9(2)16-12)15-11-6-4-3-5-10(11)13/h3-8,15H,1-2H3. The van der Waals surface area contributed by atoms with Crippen LogP contribution in [0.2, 0.25) is 0 Å². The zero-order chi connectivity index (χ0) is 11.5. The molecule has 0 aliphatic carbocycles. The van der Waals surface area contributed by atoms with Gasteiger partial charge in [0, 0.05) is 21.2 Å². The summed E-state index contributed by atoms with van der Waals surface area (Å²) in [5.74, 6) is 0. The van der Waals surface area contributed by atoms with E-state index >= 15 is 0 Å². The van der Waals surface area contributed by atoms with E-state index in [0.717, 1.165) is 15.2 Å². The molecule has 0 amide bonds. The molecule has 0 aliphatic heterocycles. The van der Waals surface area contributed by atoms with Crippen LogP contribution in [0.4, 0.5) is 5.69 Å². The Morgan fingerprint density at radius 1 is 1.38 bits per heavy atom. The number of benzene rings is 1. The molecule has 2 nitrogen and oxygen atoms in total. The molecule has 1 atom stereocenters. The lowest BCUT2D eigenvalue weighted by molar-refractivity contribution is 0.902. The SMILES string of the molecule is Cc1ncc(C(C)Nc2ccccc2Br)s1. The summed E-state index contributed by atoms with van der Waals surface area (Å²) in [6.07, 6.45) is 1.94. The largest absolute Gasteiger partial charge is 0.377 e. The van der Waals surface area contributed by atoms with Gasteiger partial charge in [-0.15, -0.1) is 11.3 Å². The zero-order valence-corrected chi connectivity index (χ0v) is 11.6. The molecule has 0 bridgehead atoms. The first-order valence-corrected chi connectivity index (χ1v) is 6.71. The van der Waals surface area contributed by atoms with Gasteiger partial charge in [0.2, 0.25) is 0 Å². The Hall–Kier alpha value is -0.870. The normalized spacial score (nSPS) is 12.4. The van der Waals surface area contributed by atoms with Gasteiger partial charge >= 0.3 is 0 Å². The Morgan fingerprint density at radius 2 is 2.12 bits per heavy atom. The molecule has 0 saturated carbocycles. The van der Waals surface area contributed by atoms with Gasteiger partial charge in [0.05, 0.1) is 11.0 Å². The van der Waals surface area contributed by atoms with E-state index in [4.69, 9.17) is 0 Å². The van der Waals surface area contributed by atoms with Crippen LogP contribution < -0.4 is 5.32 Å². The molecule has 1 N–H and O–H groups in total. The van der Waals surface area contributed by atoms with Gasteiger partial charge in [-0.1, -0.05) is 12.1 Å². The number of nitrogens with one attached hydrogen (secondary N) is 1. The predicted octanol–water partition coefficient (Wildman–Crippen LogP) is 4.39. The quantitative estimate of drug-likeness (QED) is 0.909. The van der Waals surface area contributed by atoms with Crippen molar-refractivity contribution in [3.05, 3.63) is 44.8 Å². The van der Waals surface area contributed by atoms with Gasteiger partial charge in [-0.2, -0.15) is 0 Å². The highest BCUT2D eigenvalue weighted by Gasteiger charge is 2.09. The van der Waals surface area contributed by atoms with Crippen LogP contribution >= 0.6 is 27.3 Å². The Balaban J connectivity index is 2.13. The Bertz CT molecular complexity index is 481. The van der Waals surface area contributed by atoms with Crippen molar-refractivity contribution >= 4 is 33.0 Å². The first kappa shape index (κ1) is 11.6. The minimum atomic E-state index is 0.282. The lowest BCUT2D eigenvalue weighted by atomic mass is 10.2. The van der Waals surface area contributed by atoms with Gasteiger partial charge in [-0.25, -0.2) is 4.98 Å². The molecule has 84 valence electrons. The van der Waals surface area contributed by atoms with Crippen LogP contribution in [0.3, 0.4) is 0 Å². The molecule has 2 rings (SSSR count). The van der Waals surface area contributed by atoms with Gasteiger partial charge in [0.15, 0.2) is 0 Å². The summed E-state index contributed by atoms with van der Waals surface area (Å²) in [5.41, 5.74) is 1.11. The monoisotopic (exact) mass is 296 g/mol. The topological polar surface area (TPSA) is 24.9 Å². The van der Waals surface area contributed by atoms with E-state index in [9.17, 15) is 0 Å². The van der Waals surface area contributed by atoms with Crippen molar-refractivity contribution in [2.24, 2.45) is 0 Å². The van der Waals surface area contributed by atoms with E-state index in [2.05, 4.69) is 39.2 Å². The van der Waals surface area contributed by atoms with Crippen molar-refractivity contribution in [2.45, 2.75) is 19.9 Å². The number of aryl methyl sites for hydroxylation is 1. The average molecular weight is 297 g/mol. The number of para-hydroxylation sites is 1. The predicted molar refractivity (Wildman–Crippen MR) is 73.0 cm³/mol. The Kier molecular flexibility index (Phi) is 3.61. The molecular formula is C12H13BrN2S. The second-order valence-electron chi connectivity index (χ2n) is 3.63. The van der Waals surface area contributed by atoms with Crippen molar-refractivity contribution in [1.82, 2.24) is 4.98 Å². The highest BCUT2D eigenvalue weighted by molar-refractivity contribution is 9.10. The van der Waals surface area contributed by atoms with Gasteiger partial charge < -0.3 is 5.32 Å². The lowest BCUT2D eigenvalue weighted by Gasteiger charge is -2.14. The molecule has 1 aromatic heterocycles. The minimum Gasteiger partial charge on any atom is -0.377 e. The van der Waals surface area contributed by atoms with Crippen molar-refractivity contribution in [2.75, 3.05) is 5.32 Å². The van der Waals surface area contributed by atoms with E-state index < -0.39 is 0 Å². The smallest absolute Gasteiger partial charge is 0.0897 e. The van der Waals surface area contributed by atoms with E-state index in [0.29, 0.717) is 0 Å².